The van der Waals surface area contributed by atoms with Crippen molar-refractivity contribution in [3.05, 3.63) is 22.4 Å². The molecule has 17 heavy (non-hydrogen) atoms. The number of ketones is 1. The van der Waals surface area contributed by atoms with Crippen molar-refractivity contribution in [1.29, 1.82) is 0 Å². The third-order valence-electron chi connectivity index (χ3n) is 2.84. The zero-order valence-corrected chi connectivity index (χ0v) is 11.3. The van der Waals surface area contributed by atoms with Crippen LogP contribution in [0.3, 0.4) is 0 Å². The summed E-state index contributed by atoms with van der Waals surface area (Å²) in [4.78, 5) is 12.4. The third kappa shape index (κ3) is 4.76. The van der Waals surface area contributed by atoms with E-state index in [2.05, 4.69) is 5.32 Å². The number of carbonyl (C=O) groups is 1. The van der Waals surface area contributed by atoms with Crippen molar-refractivity contribution in [2.75, 3.05) is 26.3 Å². The first-order chi connectivity index (χ1) is 7.86. The van der Waals surface area contributed by atoms with E-state index in [0.29, 0.717) is 5.92 Å². The number of ether oxygens (including phenoxy) is 1. The molecule has 5 heteroatoms. The van der Waals surface area contributed by atoms with E-state index in [-0.39, 0.29) is 24.8 Å². The summed E-state index contributed by atoms with van der Waals surface area (Å²) >= 11 is 1.48. The van der Waals surface area contributed by atoms with Crippen LogP contribution in [-0.2, 0) is 4.74 Å². The number of hydrogen-bond acceptors (Lipinski definition) is 4. The maximum atomic E-state index is 11.6. The van der Waals surface area contributed by atoms with E-state index in [9.17, 15) is 4.79 Å². The second-order valence-corrected chi connectivity index (χ2v) is 5.06. The van der Waals surface area contributed by atoms with Gasteiger partial charge in [-0.25, -0.2) is 0 Å². The summed E-state index contributed by atoms with van der Waals surface area (Å²) in [6.45, 7) is 3.10. The van der Waals surface area contributed by atoms with Gasteiger partial charge in [-0.05, 0) is 43.3 Å². The lowest BCUT2D eigenvalue weighted by molar-refractivity contribution is 0.0642. The van der Waals surface area contributed by atoms with E-state index < -0.39 is 0 Å². The van der Waals surface area contributed by atoms with E-state index in [4.69, 9.17) is 4.74 Å². The Hall–Kier alpha value is -0.420. The Balaban J connectivity index is 0.00000144. The number of Topliss-reactive ketones (excluding diaryl/α,β-unsaturated/α-hetero) is 1. The monoisotopic (exact) mass is 275 g/mol. The highest BCUT2D eigenvalue weighted by Crippen LogP contribution is 2.13. The van der Waals surface area contributed by atoms with Gasteiger partial charge in [0, 0.05) is 0 Å². The molecule has 0 aromatic carbocycles. The highest BCUT2D eigenvalue weighted by atomic mass is 35.5. The summed E-state index contributed by atoms with van der Waals surface area (Å²) in [6, 6.07) is 3.74. The third-order valence-corrected chi connectivity index (χ3v) is 3.75. The van der Waals surface area contributed by atoms with Gasteiger partial charge in [0.25, 0.3) is 0 Å². The van der Waals surface area contributed by atoms with Gasteiger partial charge in [-0.15, -0.1) is 23.7 Å². The summed E-state index contributed by atoms with van der Waals surface area (Å²) in [5, 5.41) is 5.23. The number of rotatable bonds is 5. The van der Waals surface area contributed by atoms with Crippen LogP contribution in [0.2, 0.25) is 0 Å². The van der Waals surface area contributed by atoms with Crippen LogP contribution in [0.15, 0.2) is 17.5 Å². The topological polar surface area (TPSA) is 38.3 Å². The highest BCUT2D eigenvalue weighted by Gasteiger charge is 2.14. The van der Waals surface area contributed by atoms with Crippen LogP contribution in [0.5, 0.6) is 0 Å². The number of piperidine rings is 1. The van der Waals surface area contributed by atoms with Crippen LogP contribution in [0, 0.1) is 5.92 Å². The Kier molecular flexibility index (Phi) is 6.73. The van der Waals surface area contributed by atoms with Gasteiger partial charge in [-0.1, -0.05) is 6.07 Å². The summed E-state index contributed by atoms with van der Waals surface area (Å²) in [6.07, 6.45) is 2.32. The molecule has 0 aliphatic carbocycles. The van der Waals surface area contributed by atoms with Gasteiger partial charge in [-0.2, -0.15) is 0 Å². The van der Waals surface area contributed by atoms with E-state index in [1.54, 1.807) is 0 Å². The van der Waals surface area contributed by atoms with Gasteiger partial charge in [0.15, 0.2) is 5.78 Å². The fourth-order valence-corrected chi connectivity index (χ4v) is 2.53. The van der Waals surface area contributed by atoms with Crippen LogP contribution >= 0.6 is 23.7 Å². The lowest BCUT2D eigenvalue weighted by Crippen LogP contribution is -2.30. The van der Waals surface area contributed by atoms with Gasteiger partial charge < -0.3 is 10.1 Å². The summed E-state index contributed by atoms with van der Waals surface area (Å²) in [5.74, 6) is 0.723. The molecule has 2 rings (SSSR count). The van der Waals surface area contributed by atoms with Crippen LogP contribution in [-0.4, -0.2) is 32.1 Å². The van der Waals surface area contributed by atoms with Crippen LogP contribution < -0.4 is 5.32 Å². The second-order valence-electron chi connectivity index (χ2n) is 4.11. The average molecular weight is 276 g/mol. The maximum absolute atomic E-state index is 11.6. The van der Waals surface area contributed by atoms with E-state index >= 15 is 0 Å². The molecule has 1 aromatic rings. The van der Waals surface area contributed by atoms with Gasteiger partial charge in [-0.3, -0.25) is 4.79 Å². The van der Waals surface area contributed by atoms with Gasteiger partial charge in [0.2, 0.25) is 0 Å². The molecule has 0 saturated carbocycles. The van der Waals surface area contributed by atoms with E-state index in [1.807, 2.05) is 17.5 Å². The zero-order valence-electron chi connectivity index (χ0n) is 9.69. The SMILES string of the molecule is Cl.O=C(COCC1CCNCC1)c1cccs1. The van der Waals surface area contributed by atoms with Crippen molar-refractivity contribution in [1.82, 2.24) is 5.32 Å². The largest absolute Gasteiger partial charge is 0.373 e. The number of halogens is 1. The highest BCUT2D eigenvalue weighted by molar-refractivity contribution is 7.12. The van der Waals surface area contributed by atoms with Crippen molar-refractivity contribution in [3.63, 3.8) is 0 Å². The first kappa shape index (κ1) is 14.6. The average Bonchev–Trinajstić information content (AvgIpc) is 2.84. The van der Waals surface area contributed by atoms with Gasteiger partial charge in [0.05, 0.1) is 11.5 Å². The lowest BCUT2D eigenvalue weighted by Gasteiger charge is -2.22. The Bertz CT molecular complexity index is 323. The molecule has 0 atom stereocenters. The minimum absolute atomic E-state index is 0. The second kappa shape index (κ2) is 7.82. The lowest BCUT2D eigenvalue weighted by atomic mass is 9.99. The van der Waals surface area contributed by atoms with Crippen LogP contribution in [0.1, 0.15) is 22.5 Å². The number of hydrogen-bond donors (Lipinski definition) is 1. The molecule has 1 fully saturated rings. The van der Waals surface area contributed by atoms with Gasteiger partial charge in [0.1, 0.15) is 6.61 Å². The predicted molar refractivity (Wildman–Crippen MR) is 72.3 cm³/mol. The summed E-state index contributed by atoms with van der Waals surface area (Å²) < 4.78 is 5.49. The Morgan fingerprint density at radius 2 is 2.24 bits per heavy atom. The minimum atomic E-state index is 0. The van der Waals surface area contributed by atoms with E-state index in [1.165, 1.54) is 11.3 Å². The molecule has 0 amide bonds. The molecular formula is C12H18ClNO2S. The zero-order chi connectivity index (χ0) is 11.2. The van der Waals surface area contributed by atoms with Crippen molar-refractivity contribution >= 4 is 29.5 Å². The molecule has 96 valence electrons. The van der Waals surface area contributed by atoms with Crippen molar-refractivity contribution < 1.29 is 9.53 Å². The molecule has 0 spiro atoms. The molecule has 1 aromatic heterocycles. The summed E-state index contributed by atoms with van der Waals surface area (Å²) in [7, 11) is 0. The normalized spacial score (nSPS) is 16.5. The minimum Gasteiger partial charge on any atom is -0.373 e. The molecule has 1 aliphatic heterocycles. The predicted octanol–water partition coefficient (Wildman–Crippen LogP) is 2.37. The Morgan fingerprint density at radius 3 is 2.88 bits per heavy atom. The number of nitrogens with one attached hydrogen (secondary N) is 1. The van der Waals surface area contributed by atoms with Crippen molar-refractivity contribution in [2.45, 2.75) is 12.8 Å². The fourth-order valence-electron chi connectivity index (χ4n) is 1.88. The maximum Gasteiger partial charge on any atom is 0.198 e. The molecule has 2 heterocycles. The van der Waals surface area contributed by atoms with Crippen LogP contribution in [0.4, 0.5) is 0 Å². The molecule has 1 aliphatic rings. The molecule has 0 bridgehead atoms. The molecule has 0 radical (unpaired) electrons. The van der Waals surface area contributed by atoms with Gasteiger partial charge >= 0.3 is 0 Å². The number of carbonyl (C=O) groups excluding carboxylic acids is 1. The standard InChI is InChI=1S/C12H17NO2S.ClH/c14-11(12-2-1-7-16-12)9-15-8-10-3-5-13-6-4-10;/h1-2,7,10,13H,3-6,8-9H2;1H. The Labute approximate surface area is 112 Å². The molecular weight excluding hydrogens is 258 g/mol. The van der Waals surface area contributed by atoms with Crippen molar-refractivity contribution in [2.24, 2.45) is 5.92 Å². The van der Waals surface area contributed by atoms with Crippen LogP contribution in [0.25, 0.3) is 0 Å². The Morgan fingerprint density at radius 1 is 1.47 bits per heavy atom. The summed E-state index contributed by atoms with van der Waals surface area (Å²) in [5.41, 5.74) is 0. The molecule has 1 saturated heterocycles. The van der Waals surface area contributed by atoms with E-state index in [0.717, 1.165) is 37.4 Å². The molecule has 3 nitrogen and oxygen atoms in total. The smallest absolute Gasteiger partial charge is 0.198 e. The fraction of sp³-hybridized carbons (Fsp3) is 0.583. The number of thiophene rings is 1. The van der Waals surface area contributed by atoms with Crippen molar-refractivity contribution in [3.8, 4) is 0 Å². The molecule has 1 N–H and O–H groups in total. The molecule has 0 unspecified atom stereocenters. The quantitative estimate of drug-likeness (QED) is 0.839. The first-order valence-electron chi connectivity index (χ1n) is 5.71. The first-order valence-corrected chi connectivity index (χ1v) is 6.59.